The molecule has 0 spiro atoms. The zero-order valence-corrected chi connectivity index (χ0v) is 13.9. The summed E-state index contributed by atoms with van der Waals surface area (Å²) in [6.45, 7) is 3.51. The second-order valence-corrected chi connectivity index (χ2v) is 6.87. The number of fused-ring (bicyclic) bond motifs is 1. The predicted molar refractivity (Wildman–Crippen MR) is 89.0 cm³/mol. The van der Waals surface area contributed by atoms with E-state index >= 15 is 0 Å². The van der Waals surface area contributed by atoms with E-state index < -0.39 is 0 Å². The average molecular weight is 332 g/mol. The number of hydrogen-bond acceptors (Lipinski definition) is 5. The zero-order chi connectivity index (χ0) is 16.5. The van der Waals surface area contributed by atoms with Crippen molar-refractivity contribution >= 4 is 11.9 Å². The fourth-order valence-corrected chi connectivity index (χ4v) is 3.83. The highest BCUT2D eigenvalue weighted by molar-refractivity contribution is 5.81. The van der Waals surface area contributed by atoms with Gasteiger partial charge in [0.25, 0.3) is 11.5 Å². The van der Waals surface area contributed by atoms with Crippen LogP contribution in [0.2, 0.25) is 0 Å². The summed E-state index contributed by atoms with van der Waals surface area (Å²) in [6, 6.07) is 0. The first-order valence-electron chi connectivity index (χ1n) is 9.00. The van der Waals surface area contributed by atoms with Gasteiger partial charge in [-0.2, -0.15) is 0 Å². The van der Waals surface area contributed by atoms with Crippen molar-refractivity contribution in [3.8, 4) is 0 Å². The van der Waals surface area contributed by atoms with E-state index in [1.54, 1.807) is 4.90 Å². The number of piperidine rings is 1. The molecule has 2 fully saturated rings. The Morgan fingerprint density at radius 1 is 1.17 bits per heavy atom. The standard InChI is InChI=1S/C17H24N4O3/c22-15-12-11-21(16(23)14-5-4-10-24-14)9-6-13(12)18-17(19-15)20-7-2-1-3-8-20/h14H,1-11H2,(H,18,19,22)/t14-/m0/s1. The molecule has 0 bridgehead atoms. The largest absolute Gasteiger partial charge is 0.368 e. The van der Waals surface area contributed by atoms with Crippen molar-refractivity contribution in [3.63, 3.8) is 0 Å². The van der Waals surface area contributed by atoms with Crippen LogP contribution in [0, 0.1) is 0 Å². The number of carbonyl (C=O) groups is 1. The van der Waals surface area contributed by atoms with Crippen LogP contribution in [-0.2, 0) is 22.5 Å². The molecule has 130 valence electrons. The summed E-state index contributed by atoms with van der Waals surface area (Å²) in [5, 5.41) is 0. The zero-order valence-electron chi connectivity index (χ0n) is 13.9. The van der Waals surface area contributed by atoms with Crippen LogP contribution in [0.3, 0.4) is 0 Å². The van der Waals surface area contributed by atoms with Gasteiger partial charge in [0.1, 0.15) is 6.10 Å². The van der Waals surface area contributed by atoms with E-state index in [4.69, 9.17) is 9.72 Å². The number of nitrogens with zero attached hydrogens (tertiary/aromatic N) is 3. The second kappa shape index (κ2) is 6.55. The van der Waals surface area contributed by atoms with E-state index in [0.29, 0.717) is 37.6 Å². The summed E-state index contributed by atoms with van der Waals surface area (Å²) < 4.78 is 5.49. The topological polar surface area (TPSA) is 78.5 Å². The molecule has 3 aliphatic heterocycles. The molecular weight excluding hydrogens is 308 g/mol. The molecule has 7 heteroatoms. The molecule has 1 N–H and O–H groups in total. The number of aromatic amines is 1. The minimum Gasteiger partial charge on any atom is -0.368 e. The van der Waals surface area contributed by atoms with Crippen LogP contribution in [0.15, 0.2) is 4.79 Å². The summed E-state index contributed by atoms with van der Waals surface area (Å²) in [6.07, 6.45) is 5.55. The Morgan fingerprint density at radius 2 is 2.00 bits per heavy atom. The summed E-state index contributed by atoms with van der Waals surface area (Å²) in [7, 11) is 0. The molecule has 1 aromatic heterocycles. The molecular formula is C17H24N4O3. The lowest BCUT2D eigenvalue weighted by Crippen LogP contribution is -2.44. The van der Waals surface area contributed by atoms with Crippen molar-refractivity contribution in [1.29, 1.82) is 0 Å². The van der Waals surface area contributed by atoms with Gasteiger partial charge in [-0.15, -0.1) is 0 Å². The van der Waals surface area contributed by atoms with Gasteiger partial charge in [-0.3, -0.25) is 14.6 Å². The lowest BCUT2D eigenvalue weighted by atomic mass is 10.1. The Labute approximate surface area is 141 Å². The maximum Gasteiger partial charge on any atom is 0.257 e. The van der Waals surface area contributed by atoms with Crippen molar-refractivity contribution in [2.45, 2.75) is 51.2 Å². The molecule has 1 aromatic rings. The second-order valence-electron chi connectivity index (χ2n) is 6.87. The molecule has 0 aromatic carbocycles. The third-order valence-corrected chi connectivity index (χ3v) is 5.23. The first-order valence-corrected chi connectivity index (χ1v) is 9.00. The highest BCUT2D eigenvalue weighted by atomic mass is 16.5. The summed E-state index contributed by atoms with van der Waals surface area (Å²) in [5.41, 5.74) is 1.37. The molecule has 1 atom stereocenters. The normalized spacial score (nSPS) is 24.1. The molecule has 1 amide bonds. The van der Waals surface area contributed by atoms with E-state index in [9.17, 15) is 9.59 Å². The highest BCUT2D eigenvalue weighted by Crippen LogP contribution is 2.21. The van der Waals surface area contributed by atoms with Crippen molar-refractivity contribution in [3.05, 3.63) is 21.6 Å². The number of ether oxygens (including phenoxy) is 1. The molecule has 0 aliphatic carbocycles. The van der Waals surface area contributed by atoms with Crippen LogP contribution in [0.1, 0.15) is 43.4 Å². The van der Waals surface area contributed by atoms with Gasteiger partial charge in [-0.05, 0) is 32.1 Å². The van der Waals surface area contributed by atoms with Crippen LogP contribution >= 0.6 is 0 Å². The van der Waals surface area contributed by atoms with Crippen LogP contribution in [0.5, 0.6) is 0 Å². The number of nitrogens with one attached hydrogen (secondary N) is 1. The molecule has 7 nitrogen and oxygen atoms in total. The lowest BCUT2D eigenvalue weighted by Gasteiger charge is -2.31. The number of hydrogen-bond donors (Lipinski definition) is 1. The minimum absolute atomic E-state index is 0.0117. The maximum atomic E-state index is 12.5. The van der Waals surface area contributed by atoms with Gasteiger partial charge in [-0.25, -0.2) is 4.98 Å². The van der Waals surface area contributed by atoms with Crippen molar-refractivity contribution in [2.24, 2.45) is 0 Å². The van der Waals surface area contributed by atoms with Gasteiger partial charge < -0.3 is 14.5 Å². The molecule has 2 saturated heterocycles. The van der Waals surface area contributed by atoms with Gasteiger partial charge in [0, 0.05) is 32.7 Å². The highest BCUT2D eigenvalue weighted by Gasteiger charge is 2.32. The van der Waals surface area contributed by atoms with Gasteiger partial charge in [0.05, 0.1) is 17.8 Å². The van der Waals surface area contributed by atoms with Gasteiger partial charge in [0.15, 0.2) is 0 Å². The van der Waals surface area contributed by atoms with E-state index in [-0.39, 0.29) is 17.6 Å². The Kier molecular flexibility index (Phi) is 4.26. The molecule has 3 aliphatic rings. The quantitative estimate of drug-likeness (QED) is 0.868. The van der Waals surface area contributed by atoms with Crippen LogP contribution < -0.4 is 10.5 Å². The Balaban J connectivity index is 1.53. The summed E-state index contributed by atoms with van der Waals surface area (Å²) >= 11 is 0. The number of amides is 1. The fraction of sp³-hybridized carbons (Fsp3) is 0.706. The smallest absolute Gasteiger partial charge is 0.257 e. The number of anilines is 1. The number of carbonyl (C=O) groups excluding carboxylic acids is 1. The van der Waals surface area contributed by atoms with E-state index in [0.717, 1.165) is 44.5 Å². The van der Waals surface area contributed by atoms with E-state index in [1.165, 1.54) is 6.42 Å². The molecule has 24 heavy (non-hydrogen) atoms. The average Bonchev–Trinajstić information content (AvgIpc) is 3.16. The van der Waals surface area contributed by atoms with Gasteiger partial charge >= 0.3 is 0 Å². The molecule has 0 saturated carbocycles. The van der Waals surface area contributed by atoms with Crippen LogP contribution in [-0.4, -0.2) is 53.1 Å². The molecule has 0 unspecified atom stereocenters. The Bertz CT molecular complexity index is 675. The first kappa shape index (κ1) is 15.6. The maximum absolute atomic E-state index is 12.5. The summed E-state index contributed by atoms with van der Waals surface area (Å²) in [4.78, 5) is 36.5. The Hall–Kier alpha value is -1.89. The number of aromatic nitrogens is 2. The minimum atomic E-state index is -0.328. The number of rotatable bonds is 2. The van der Waals surface area contributed by atoms with E-state index in [1.807, 2.05) is 0 Å². The first-order chi connectivity index (χ1) is 11.7. The number of H-pyrrole nitrogens is 1. The molecule has 4 rings (SSSR count). The van der Waals surface area contributed by atoms with Gasteiger partial charge in [0.2, 0.25) is 5.95 Å². The van der Waals surface area contributed by atoms with Gasteiger partial charge in [-0.1, -0.05) is 0 Å². The molecule has 4 heterocycles. The SMILES string of the molecule is O=C([C@@H]1CCCO1)N1CCc2nc(N3CCCCC3)[nH]c(=O)c2C1. The van der Waals surface area contributed by atoms with E-state index in [2.05, 4.69) is 9.88 Å². The van der Waals surface area contributed by atoms with Crippen LogP contribution in [0.25, 0.3) is 0 Å². The lowest BCUT2D eigenvalue weighted by molar-refractivity contribution is -0.141. The van der Waals surface area contributed by atoms with Crippen molar-refractivity contribution in [2.75, 3.05) is 31.1 Å². The fourth-order valence-electron chi connectivity index (χ4n) is 3.83. The molecule has 0 radical (unpaired) electrons. The third kappa shape index (κ3) is 2.92. The third-order valence-electron chi connectivity index (χ3n) is 5.23. The monoisotopic (exact) mass is 332 g/mol. The van der Waals surface area contributed by atoms with Crippen molar-refractivity contribution in [1.82, 2.24) is 14.9 Å². The van der Waals surface area contributed by atoms with Crippen molar-refractivity contribution < 1.29 is 9.53 Å². The predicted octanol–water partition coefficient (Wildman–Crippen LogP) is 0.824. The summed E-state index contributed by atoms with van der Waals surface area (Å²) in [5.74, 6) is 0.704. The Morgan fingerprint density at radius 3 is 2.75 bits per heavy atom. The van der Waals surface area contributed by atoms with Crippen LogP contribution in [0.4, 0.5) is 5.95 Å².